The van der Waals surface area contributed by atoms with Crippen molar-refractivity contribution in [1.29, 1.82) is 0 Å². The number of aryl methyl sites for hydroxylation is 1. The van der Waals surface area contributed by atoms with Crippen molar-refractivity contribution in [2.45, 2.75) is 42.8 Å². The van der Waals surface area contributed by atoms with Crippen molar-refractivity contribution in [3.05, 3.63) is 107 Å². The third-order valence-electron chi connectivity index (χ3n) is 7.83. The molecule has 1 fully saturated rings. The number of aromatic nitrogens is 2. The average molecular weight is 538 g/mol. The maximum Gasteiger partial charge on any atom is 0.184 e. The van der Waals surface area contributed by atoms with Crippen molar-refractivity contribution >= 4 is 32.0 Å². The molecule has 1 aromatic heterocycles. The van der Waals surface area contributed by atoms with Gasteiger partial charge in [0.15, 0.2) is 9.84 Å². The molecule has 0 bridgehead atoms. The van der Waals surface area contributed by atoms with Crippen LogP contribution in [-0.2, 0) is 26.8 Å². The fourth-order valence-electron chi connectivity index (χ4n) is 5.52. The van der Waals surface area contributed by atoms with Crippen LogP contribution in [0.4, 0.5) is 0 Å². The monoisotopic (exact) mass is 537 g/mol. The largest absolute Gasteiger partial charge is 0.313 e. The van der Waals surface area contributed by atoms with E-state index in [1.807, 2.05) is 24.3 Å². The van der Waals surface area contributed by atoms with Gasteiger partial charge in [-0.05, 0) is 77.4 Å². The lowest BCUT2D eigenvalue weighted by Crippen LogP contribution is -2.20. The first kappa shape index (κ1) is 25.6. The number of ketones is 1. The van der Waals surface area contributed by atoms with Crippen LogP contribution in [0.25, 0.3) is 16.3 Å². The van der Waals surface area contributed by atoms with E-state index in [1.54, 1.807) is 18.3 Å². The Kier molecular flexibility index (Phi) is 6.87. The maximum atomic E-state index is 13.1. The van der Waals surface area contributed by atoms with Gasteiger partial charge in [-0.2, -0.15) is 0 Å². The van der Waals surface area contributed by atoms with Crippen molar-refractivity contribution in [2.75, 3.05) is 13.1 Å². The molecule has 0 unspecified atom stereocenters. The molecule has 0 amide bonds. The van der Waals surface area contributed by atoms with Crippen LogP contribution < -0.4 is 5.32 Å². The minimum absolute atomic E-state index is 0.0117. The van der Waals surface area contributed by atoms with Gasteiger partial charge in [-0.15, -0.1) is 0 Å². The molecule has 1 saturated carbocycles. The second kappa shape index (κ2) is 10.5. The van der Waals surface area contributed by atoms with Gasteiger partial charge in [0.2, 0.25) is 0 Å². The standard InChI is InChI=1S/C32H31N3O3S/c1-21-3-2-4-23-6-5-22(15-28(21)23)16-32(36)30-17-29(30)24-7-9-27(10-8-24)39(37,38)20-26-18-34-19-31(35-26)25-11-13-33-14-12-25/h2-11,15,18-19,29-30,33H,12-14,16-17,20H2,1H3/t29-,30+/m0/s1. The number of carbonyl (C=O) groups excluding carboxylic acids is 1. The number of carbonyl (C=O) groups is 1. The molecule has 1 N–H and O–H groups in total. The van der Waals surface area contributed by atoms with Gasteiger partial charge >= 0.3 is 0 Å². The summed E-state index contributed by atoms with van der Waals surface area (Å²) in [4.78, 5) is 22.1. The lowest BCUT2D eigenvalue weighted by Gasteiger charge is -2.13. The van der Waals surface area contributed by atoms with Crippen molar-refractivity contribution in [3.63, 3.8) is 0 Å². The summed E-state index contributed by atoms with van der Waals surface area (Å²) < 4.78 is 26.3. The minimum Gasteiger partial charge on any atom is -0.313 e. The van der Waals surface area contributed by atoms with E-state index in [-0.39, 0.29) is 28.3 Å². The number of nitrogens with zero attached hydrogens (tertiary/aromatic N) is 2. The van der Waals surface area contributed by atoms with Crippen LogP contribution >= 0.6 is 0 Å². The molecular formula is C32H31N3O3S. The molecule has 6 nitrogen and oxygen atoms in total. The molecule has 0 radical (unpaired) electrons. The van der Waals surface area contributed by atoms with Crippen LogP contribution in [0.1, 0.15) is 46.8 Å². The van der Waals surface area contributed by atoms with Crippen molar-refractivity contribution in [1.82, 2.24) is 15.3 Å². The summed E-state index contributed by atoms with van der Waals surface area (Å²) in [7, 11) is -3.58. The predicted octanol–water partition coefficient (Wildman–Crippen LogP) is 5.20. The molecule has 0 spiro atoms. The van der Waals surface area contributed by atoms with Gasteiger partial charge in [-0.1, -0.05) is 54.6 Å². The zero-order valence-corrected chi connectivity index (χ0v) is 22.7. The number of rotatable bonds is 8. The van der Waals surface area contributed by atoms with Gasteiger partial charge < -0.3 is 5.32 Å². The summed E-state index contributed by atoms with van der Waals surface area (Å²) in [5.74, 6) is 0.181. The topological polar surface area (TPSA) is 89.0 Å². The van der Waals surface area contributed by atoms with Gasteiger partial charge in [0.1, 0.15) is 5.78 Å². The number of hydrogen-bond acceptors (Lipinski definition) is 6. The van der Waals surface area contributed by atoms with E-state index in [2.05, 4.69) is 52.5 Å². The Bertz CT molecular complexity index is 1690. The molecule has 39 heavy (non-hydrogen) atoms. The quantitative estimate of drug-likeness (QED) is 0.332. The van der Waals surface area contributed by atoms with Gasteiger partial charge in [0.05, 0.1) is 28.2 Å². The molecule has 2 heterocycles. The first-order valence-electron chi connectivity index (χ1n) is 13.4. The molecule has 7 heteroatoms. The van der Waals surface area contributed by atoms with Crippen LogP contribution in [0, 0.1) is 12.8 Å². The Labute approximate surface area is 229 Å². The average Bonchev–Trinajstić information content (AvgIpc) is 3.76. The number of fused-ring (bicyclic) bond motifs is 1. The van der Waals surface area contributed by atoms with Gasteiger partial charge in [0, 0.05) is 25.1 Å². The second-order valence-electron chi connectivity index (χ2n) is 10.6. The SMILES string of the molecule is Cc1cccc2ccc(CC(=O)[C@@H]3C[C@H]3c3ccc(S(=O)(=O)Cc4cncc(C5=CCNCC5)n4)cc3)cc12. The van der Waals surface area contributed by atoms with Gasteiger partial charge in [0.25, 0.3) is 0 Å². The molecule has 2 aliphatic rings. The van der Waals surface area contributed by atoms with E-state index < -0.39 is 9.84 Å². The maximum absolute atomic E-state index is 13.1. The van der Waals surface area contributed by atoms with Crippen LogP contribution in [0.3, 0.4) is 0 Å². The van der Waals surface area contributed by atoms with E-state index in [1.165, 1.54) is 22.5 Å². The smallest absolute Gasteiger partial charge is 0.184 e. The molecule has 4 aromatic rings. The van der Waals surface area contributed by atoms with E-state index in [0.29, 0.717) is 12.1 Å². The van der Waals surface area contributed by atoms with Crippen LogP contribution in [0.5, 0.6) is 0 Å². The van der Waals surface area contributed by atoms with Crippen LogP contribution in [-0.4, -0.2) is 37.3 Å². The number of hydrogen-bond donors (Lipinski definition) is 1. The Balaban J connectivity index is 1.10. The lowest BCUT2D eigenvalue weighted by atomic mass is 9.98. The zero-order valence-electron chi connectivity index (χ0n) is 21.9. The second-order valence-corrected chi connectivity index (χ2v) is 12.6. The summed E-state index contributed by atoms with van der Waals surface area (Å²) in [6.07, 6.45) is 7.36. The Morgan fingerprint density at radius 1 is 1.05 bits per heavy atom. The molecule has 198 valence electrons. The first-order valence-corrected chi connectivity index (χ1v) is 15.1. The Morgan fingerprint density at radius 3 is 2.69 bits per heavy atom. The van der Waals surface area contributed by atoms with Gasteiger partial charge in [-0.25, -0.2) is 13.4 Å². The van der Waals surface area contributed by atoms with E-state index >= 15 is 0 Å². The van der Waals surface area contributed by atoms with Crippen molar-refractivity contribution in [3.8, 4) is 0 Å². The third kappa shape index (κ3) is 5.56. The molecule has 3 aromatic carbocycles. The number of Topliss-reactive ketones (excluding diaryl/α,β-unsaturated/α-hetero) is 1. The minimum atomic E-state index is -3.58. The van der Waals surface area contributed by atoms with Crippen molar-refractivity contribution in [2.24, 2.45) is 5.92 Å². The normalized spacial score (nSPS) is 19.1. The van der Waals surface area contributed by atoms with Crippen LogP contribution in [0.2, 0.25) is 0 Å². The number of benzene rings is 3. The molecule has 2 atom stereocenters. The highest BCUT2D eigenvalue weighted by Crippen LogP contribution is 2.48. The highest BCUT2D eigenvalue weighted by Gasteiger charge is 2.43. The number of sulfone groups is 1. The fraction of sp³-hybridized carbons (Fsp3) is 0.281. The highest BCUT2D eigenvalue weighted by atomic mass is 32.2. The molecule has 0 saturated heterocycles. The zero-order chi connectivity index (χ0) is 27.0. The summed E-state index contributed by atoms with van der Waals surface area (Å²) in [6.45, 7) is 3.74. The summed E-state index contributed by atoms with van der Waals surface area (Å²) >= 11 is 0. The van der Waals surface area contributed by atoms with E-state index in [0.717, 1.165) is 48.3 Å². The summed E-state index contributed by atoms with van der Waals surface area (Å²) in [5.41, 5.74) is 5.53. The van der Waals surface area contributed by atoms with Crippen molar-refractivity contribution < 1.29 is 13.2 Å². The van der Waals surface area contributed by atoms with Gasteiger partial charge in [-0.3, -0.25) is 9.78 Å². The third-order valence-corrected chi connectivity index (χ3v) is 9.50. The number of nitrogens with one attached hydrogen (secondary N) is 1. The van der Waals surface area contributed by atoms with Crippen LogP contribution in [0.15, 0.2) is 84.0 Å². The molecular weight excluding hydrogens is 506 g/mol. The summed E-state index contributed by atoms with van der Waals surface area (Å²) in [6, 6.07) is 19.5. The predicted molar refractivity (Wildman–Crippen MR) is 153 cm³/mol. The van der Waals surface area contributed by atoms with E-state index in [9.17, 15) is 13.2 Å². The fourth-order valence-corrected chi connectivity index (χ4v) is 6.77. The Hall–Kier alpha value is -3.68. The molecule has 1 aliphatic carbocycles. The molecule has 6 rings (SSSR count). The summed E-state index contributed by atoms with van der Waals surface area (Å²) in [5, 5.41) is 5.64. The first-order chi connectivity index (χ1) is 18.9. The lowest BCUT2D eigenvalue weighted by molar-refractivity contribution is -0.119. The molecule has 1 aliphatic heterocycles. The Morgan fingerprint density at radius 2 is 1.90 bits per heavy atom. The van der Waals surface area contributed by atoms with E-state index in [4.69, 9.17) is 0 Å². The highest BCUT2D eigenvalue weighted by molar-refractivity contribution is 7.90.